The van der Waals surface area contributed by atoms with Crippen LogP contribution < -0.4 is 10.6 Å². The molecule has 2 N–H and O–H groups in total. The van der Waals surface area contributed by atoms with Crippen molar-refractivity contribution < 1.29 is 4.79 Å². The average molecular weight is 272 g/mol. The van der Waals surface area contributed by atoms with E-state index in [1.54, 1.807) is 30.9 Å². The molecule has 1 aliphatic rings. The number of anilines is 1. The normalized spacial score (nSPS) is 18.7. The molecule has 2 aromatic rings. The van der Waals surface area contributed by atoms with Gasteiger partial charge in [-0.3, -0.25) is 4.79 Å². The van der Waals surface area contributed by atoms with Gasteiger partial charge in [0, 0.05) is 18.9 Å². The number of amides is 1. The third kappa shape index (κ3) is 2.83. The van der Waals surface area contributed by atoms with E-state index in [1.165, 1.54) is 4.68 Å². The number of nitrogens with zero attached hydrogens (tertiary/aromatic N) is 4. The zero-order valence-corrected chi connectivity index (χ0v) is 11.0. The number of carbonyl (C=O) groups is 1. The molecule has 1 unspecified atom stereocenters. The maximum Gasteiger partial charge on any atom is 0.250 e. The minimum absolute atomic E-state index is 0.0278. The fraction of sp³-hybridized carbons (Fsp3) is 0.385. The Balaban J connectivity index is 1.66. The molecule has 3 rings (SSSR count). The molecule has 0 bridgehead atoms. The van der Waals surface area contributed by atoms with Crippen LogP contribution >= 0.6 is 0 Å². The van der Waals surface area contributed by atoms with Gasteiger partial charge in [0.25, 0.3) is 0 Å². The van der Waals surface area contributed by atoms with Crippen molar-refractivity contribution in [2.45, 2.75) is 12.8 Å². The van der Waals surface area contributed by atoms with E-state index in [0.29, 0.717) is 11.6 Å². The summed E-state index contributed by atoms with van der Waals surface area (Å²) in [5, 5.41) is 10.3. The Bertz CT molecular complexity index is 576. The smallest absolute Gasteiger partial charge is 0.250 e. The maximum absolute atomic E-state index is 12.1. The molecule has 20 heavy (non-hydrogen) atoms. The van der Waals surface area contributed by atoms with Crippen LogP contribution in [0.1, 0.15) is 12.8 Å². The molecule has 2 aromatic heterocycles. The first-order valence-corrected chi connectivity index (χ1v) is 6.66. The van der Waals surface area contributed by atoms with Gasteiger partial charge in [0.05, 0.1) is 24.0 Å². The Kier molecular flexibility index (Phi) is 3.69. The topological polar surface area (TPSA) is 84.7 Å². The van der Waals surface area contributed by atoms with Crippen LogP contribution in [0, 0.1) is 5.92 Å². The number of carbonyl (C=O) groups excluding carboxylic acids is 1. The molecule has 1 saturated heterocycles. The molecule has 1 amide bonds. The van der Waals surface area contributed by atoms with Crippen LogP contribution in [-0.2, 0) is 4.79 Å². The van der Waals surface area contributed by atoms with Gasteiger partial charge in [-0.1, -0.05) is 0 Å². The molecule has 7 nitrogen and oxygen atoms in total. The minimum atomic E-state index is 0.0278. The second-order valence-corrected chi connectivity index (χ2v) is 4.75. The highest BCUT2D eigenvalue weighted by Gasteiger charge is 2.21. The van der Waals surface area contributed by atoms with Gasteiger partial charge < -0.3 is 10.6 Å². The number of nitrogens with one attached hydrogen (secondary N) is 2. The number of aromatic nitrogens is 4. The molecule has 0 aliphatic carbocycles. The van der Waals surface area contributed by atoms with Crippen LogP contribution in [0.15, 0.2) is 30.9 Å². The molecule has 0 radical (unpaired) electrons. The number of rotatable bonds is 3. The second kappa shape index (κ2) is 5.79. The van der Waals surface area contributed by atoms with E-state index in [9.17, 15) is 4.79 Å². The van der Waals surface area contributed by atoms with Crippen molar-refractivity contribution in [1.82, 2.24) is 25.1 Å². The van der Waals surface area contributed by atoms with Gasteiger partial charge in [0.1, 0.15) is 0 Å². The summed E-state index contributed by atoms with van der Waals surface area (Å²) in [7, 11) is 0. The van der Waals surface area contributed by atoms with Crippen LogP contribution in [-0.4, -0.2) is 38.7 Å². The molecule has 0 spiro atoms. The number of piperidine rings is 1. The molecule has 0 aromatic carbocycles. The molecule has 104 valence electrons. The summed E-state index contributed by atoms with van der Waals surface area (Å²) in [4.78, 5) is 20.3. The largest absolute Gasteiger partial charge is 0.323 e. The van der Waals surface area contributed by atoms with E-state index in [-0.39, 0.29) is 11.8 Å². The quantitative estimate of drug-likeness (QED) is 0.854. The van der Waals surface area contributed by atoms with Crippen molar-refractivity contribution in [2.24, 2.45) is 5.92 Å². The van der Waals surface area contributed by atoms with Crippen molar-refractivity contribution in [3.8, 4) is 5.95 Å². The lowest BCUT2D eigenvalue weighted by atomic mass is 9.99. The predicted octanol–water partition coefficient (Wildman–Crippen LogP) is 0.600. The van der Waals surface area contributed by atoms with E-state index in [1.807, 2.05) is 0 Å². The van der Waals surface area contributed by atoms with Crippen LogP contribution in [0.3, 0.4) is 0 Å². The standard InChI is InChI=1S/C13H16N6O/c20-12(10-3-1-4-14-7-10)18-11-8-17-19(9-11)13-15-5-2-6-16-13/h2,5-6,8-10,14H,1,3-4,7H2,(H,18,20). The summed E-state index contributed by atoms with van der Waals surface area (Å²) in [5.41, 5.74) is 0.660. The van der Waals surface area contributed by atoms with Crippen molar-refractivity contribution in [1.29, 1.82) is 0 Å². The van der Waals surface area contributed by atoms with Crippen LogP contribution in [0.4, 0.5) is 5.69 Å². The summed E-state index contributed by atoms with van der Waals surface area (Å²) in [6.45, 7) is 1.73. The Morgan fingerprint density at radius 3 is 3.00 bits per heavy atom. The van der Waals surface area contributed by atoms with Crippen LogP contribution in [0.2, 0.25) is 0 Å². The first-order valence-electron chi connectivity index (χ1n) is 6.66. The summed E-state index contributed by atoms with van der Waals surface area (Å²) < 4.78 is 1.54. The Morgan fingerprint density at radius 1 is 1.40 bits per heavy atom. The molecule has 1 atom stereocenters. The first-order chi connectivity index (χ1) is 9.83. The summed E-state index contributed by atoms with van der Waals surface area (Å²) in [5.74, 6) is 0.540. The molecule has 3 heterocycles. The molecule has 1 fully saturated rings. The van der Waals surface area contributed by atoms with Crippen molar-refractivity contribution in [3.05, 3.63) is 30.9 Å². The van der Waals surface area contributed by atoms with Gasteiger partial charge in [-0.05, 0) is 25.5 Å². The number of hydrogen-bond donors (Lipinski definition) is 2. The maximum atomic E-state index is 12.1. The highest BCUT2D eigenvalue weighted by molar-refractivity contribution is 5.92. The van der Waals surface area contributed by atoms with Crippen LogP contribution in [0.25, 0.3) is 5.95 Å². The summed E-state index contributed by atoms with van der Waals surface area (Å²) >= 11 is 0. The lowest BCUT2D eigenvalue weighted by molar-refractivity contribution is -0.120. The third-order valence-corrected chi connectivity index (χ3v) is 3.27. The number of hydrogen-bond acceptors (Lipinski definition) is 5. The van der Waals surface area contributed by atoms with Crippen molar-refractivity contribution >= 4 is 11.6 Å². The lowest BCUT2D eigenvalue weighted by Gasteiger charge is -2.21. The van der Waals surface area contributed by atoms with E-state index >= 15 is 0 Å². The Hall–Kier alpha value is -2.28. The van der Waals surface area contributed by atoms with Gasteiger partial charge in [0.15, 0.2) is 0 Å². The SMILES string of the molecule is O=C(Nc1cnn(-c2ncccn2)c1)C1CCCNC1. The molecular weight excluding hydrogens is 256 g/mol. The molecule has 1 aliphatic heterocycles. The van der Waals surface area contributed by atoms with E-state index in [4.69, 9.17) is 0 Å². The third-order valence-electron chi connectivity index (χ3n) is 3.27. The second-order valence-electron chi connectivity index (χ2n) is 4.75. The monoisotopic (exact) mass is 272 g/mol. The van der Waals surface area contributed by atoms with Gasteiger partial charge in [-0.15, -0.1) is 0 Å². The van der Waals surface area contributed by atoms with Gasteiger partial charge in [0.2, 0.25) is 11.9 Å². The van der Waals surface area contributed by atoms with Crippen molar-refractivity contribution in [2.75, 3.05) is 18.4 Å². The predicted molar refractivity (Wildman–Crippen MR) is 73.4 cm³/mol. The molecule has 7 heteroatoms. The van der Waals surface area contributed by atoms with Gasteiger partial charge in [-0.2, -0.15) is 5.10 Å². The zero-order valence-electron chi connectivity index (χ0n) is 11.0. The summed E-state index contributed by atoms with van der Waals surface area (Å²) in [6, 6.07) is 1.74. The highest BCUT2D eigenvalue weighted by atomic mass is 16.1. The first kappa shape index (κ1) is 12.7. The molecular formula is C13H16N6O. The Morgan fingerprint density at radius 2 is 2.25 bits per heavy atom. The highest BCUT2D eigenvalue weighted by Crippen LogP contribution is 2.14. The van der Waals surface area contributed by atoms with E-state index < -0.39 is 0 Å². The van der Waals surface area contributed by atoms with E-state index in [0.717, 1.165) is 25.9 Å². The minimum Gasteiger partial charge on any atom is -0.323 e. The van der Waals surface area contributed by atoms with Gasteiger partial charge >= 0.3 is 0 Å². The van der Waals surface area contributed by atoms with Gasteiger partial charge in [-0.25, -0.2) is 14.6 Å². The van der Waals surface area contributed by atoms with Crippen molar-refractivity contribution in [3.63, 3.8) is 0 Å². The zero-order chi connectivity index (χ0) is 13.8. The average Bonchev–Trinajstić information content (AvgIpc) is 2.97. The van der Waals surface area contributed by atoms with Crippen LogP contribution in [0.5, 0.6) is 0 Å². The molecule has 0 saturated carbocycles. The fourth-order valence-corrected chi connectivity index (χ4v) is 2.23. The Labute approximate surface area is 116 Å². The van der Waals surface area contributed by atoms with E-state index in [2.05, 4.69) is 25.7 Å². The lowest BCUT2D eigenvalue weighted by Crippen LogP contribution is -2.37. The fourth-order valence-electron chi connectivity index (χ4n) is 2.23. The summed E-state index contributed by atoms with van der Waals surface area (Å²) in [6.07, 6.45) is 8.57.